The second-order valence-electron chi connectivity index (χ2n) is 4.65. The third-order valence-corrected chi connectivity index (χ3v) is 3.44. The third kappa shape index (κ3) is 4.21. The fraction of sp³-hybridized carbons (Fsp3) is 0.188. The molecule has 1 amide bonds. The number of aromatic hydroxyl groups is 1. The van der Waals surface area contributed by atoms with Crippen LogP contribution >= 0.6 is 11.6 Å². The number of phenols is 1. The largest absolute Gasteiger partial charge is 0.508 e. The Labute approximate surface area is 128 Å². The number of hydrogen-bond acceptors (Lipinski definition) is 3. The van der Waals surface area contributed by atoms with Gasteiger partial charge in [-0.2, -0.15) is 0 Å². The van der Waals surface area contributed by atoms with Gasteiger partial charge in [-0.25, -0.2) is 0 Å². The van der Waals surface area contributed by atoms with Crippen LogP contribution in [0.5, 0.6) is 5.75 Å². The van der Waals surface area contributed by atoms with Crippen molar-refractivity contribution in [3.63, 3.8) is 0 Å². The molecule has 2 aromatic rings. The van der Waals surface area contributed by atoms with Gasteiger partial charge < -0.3 is 15.5 Å². The number of benzene rings is 2. The molecule has 0 heterocycles. The number of hydrogen-bond donors (Lipinski definition) is 3. The van der Waals surface area contributed by atoms with Crippen molar-refractivity contribution in [2.75, 3.05) is 6.54 Å². The molecule has 4 nitrogen and oxygen atoms in total. The number of halogens is 1. The minimum Gasteiger partial charge on any atom is -0.508 e. The van der Waals surface area contributed by atoms with Gasteiger partial charge in [0.05, 0.1) is 12.5 Å². The second-order valence-corrected chi connectivity index (χ2v) is 5.05. The highest BCUT2D eigenvalue weighted by Gasteiger charge is 2.13. The van der Waals surface area contributed by atoms with Crippen molar-refractivity contribution in [1.82, 2.24) is 5.32 Å². The van der Waals surface area contributed by atoms with E-state index < -0.39 is 6.10 Å². The zero-order valence-corrected chi connectivity index (χ0v) is 12.0. The summed E-state index contributed by atoms with van der Waals surface area (Å²) in [5.41, 5.74) is 1.12. The number of nitrogens with one attached hydrogen (secondary N) is 1. The van der Waals surface area contributed by atoms with E-state index in [1.54, 1.807) is 42.5 Å². The Morgan fingerprint density at radius 1 is 1.14 bits per heavy atom. The predicted octanol–water partition coefficient (Wildman–Crippen LogP) is 2.44. The van der Waals surface area contributed by atoms with E-state index in [0.717, 1.165) is 0 Å². The molecule has 0 aliphatic carbocycles. The molecule has 0 aromatic heterocycles. The Morgan fingerprint density at radius 3 is 2.52 bits per heavy atom. The molecule has 0 bridgehead atoms. The van der Waals surface area contributed by atoms with E-state index in [1.807, 2.05) is 0 Å². The highest BCUT2D eigenvalue weighted by atomic mass is 35.5. The molecule has 110 valence electrons. The molecule has 0 aliphatic heterocycles. The first-order chi connectivity index (χ1) is 10.1. The number of carbonyl (C=O) groups is 1. The maximum absolute atomic E-state index is 11.8. The summed E-state index contributed by atoms with van der Waals surface area (Å²) in [5.74, 6) is -0.193. The molecular weight excluding hydrogens is 290 g/mol. The molecule has 5 heteroatoms. The van der Waals surface area contributed by atoms with Crippen molar-refractivity contribution < 1.29 is 15.0 Å². The van der Waals surface area contributed by atoms with Crippen LogP contribution in [0.3, 0.4) is 0 Å². The highest BCUT2D eigenvalue weighted by molar-refractivity contribution is 6.31. The highest BCUT2D eigenvalue weighted by Crippen LogP contribution is 2.22. The number of rotatable bonds is 5. The summed E-state index contributed by atoms with van der Waals surface area (Å²) in [7, 11) is 0. The van der Waals surface area contributed by atoms with Gasteiger partial charge in [-0.1, -0.05) is 48.0 Å². The molecule has 2 aromatic carbocycles. The first kappa shape index (κ1) is 15.4. The Hall–Kier alpha value is -2.04. The van der Waals surface area contributed by atoms with Gasteiger partial charge in [0.1, 0.15) is 5.75 Å². The zero-order chi connectivity index (χ0) is 15.2. The van der Waals surface area contributed by atoms with Crippen LogP contribution in [0.4, 0.5) is 0 Å². The lowest BCUT2D eigenvalue weighted by Crippen LogP contribution is -2.29. The molecule has 2 rings (SSSR count). The molecule has 0 radical (unpaired) electrons. The number of amides is 1. The summed E-state index contributed by atoms with van der Waals surface area (Å²) in [6.45, 7) is 0.0656. The van der Waals surface area contributed by atoms with Crippen LogP contribution in [0.2, 0.25) is 5.02 Å². The number of phenolic OH excluding ortho intramolecular Hbond substituents is 1. The molecule has 3 N–H and O–H groups in total. The fourth-order valence-corrected chi connectivity index (χ4v) is 2.22. The predicted molar refractivity (Wildman–Crippen MR) is 81.2 cm³/mol. The van der Waals surface area contributed by atoms with Crippen LogP contribution in [0.15, 0.2) is 48.5 Å². The Bertz CT molecular complexity index is 630. The third-order valence-electron chi connectivity index (χ3n) is 3.10. The quantitative estimate of drug-likeness (QED) is 0.794. The normalized spacial score (nSPS) is 11.9. The van der Waals surface area contributed by atoms with Crippen molar-refractivity contribution in [3.8, 4) is 5.75 Å². The SMILES string of the molecule is O=C(Cc1ccccc1O)NCC(O)c1ccccc1Cl. The molecule has 21 heavy (non-hydrogen) atoms. The summed E-state index contributed by atoms with van der Waals surface area (Å²) >= 11 is 5.98. The van der Waals surface area contributed by atoms with Crippen molar-refractivity contribution in [2.45, 2.75) is 12.5 Å². The van der Waals surface area contributed by atoms with Crippen molar-refractivity contribution >= 4 is 17.5 Å². The van der Waals surface area contributed by atoms with Gasteiger partial charge in [-0.15, -0.1) is 0 Å². The lowest BCUT2D eigenvalue weighted by molar-refractivity contribution is -0.120. The van der Waals surface area contributed by atoms with Gasteiger partial charge in [-0.05, 0) is 12.1 Å². The summed E-state index contributed by atoms with van der Waals surface area (Å²) in [4.78, 5) is 11.8. The van der Waals surface area contributed by atoms with Gasteiger partial charge in [0.25, 0.3) is 0 Å². The Kier molecular flexibility index (Phi) is 5.20. The number of carbonyl (C=O) groups excluding carboxylic acids is 1. The van der Waals surface area contributed by atoms with Crippen molar-refractivity contribution in [2.24, 2.45) is 0 Å². The van der Waals surface area contributed by atoms with Crippen molar-refractivity contribution in [1.29, 1.82) is 0 Å². The first-order valence-electron chi connectivity index (χ1n) is 6.54. The van der Waals surface area contributed by atoms with Gasteiger partial charge >= 0.3 is 0 Å². The summed E-state index contributed by atoms with van der Waals surface area (Å²) in [6, 6.07) is 13.6. The van der Waals surface area contributed by atoms with Gasteiger partial charge in [0.2, 0.25) is 5.91 Å². The molecule has 1 atom stereocenters. The lowest BCUT2D eigenvalue weighted by Gasteiger charge is -2.13. The molecule has 0 saturated heterocycles. The van der Waals surface area contributed by atoms with Crippen LogP contribution in [-0.2, 0) is 11.2 Å². The van der Waals surface area contributed by atoms with E-state index >= 15 is 0 Å². The van der Waals surface area contributed by atoms with E-state index in [2.05, 4.69) is 5.32 Å². The molecule has 0 saturated carbocycles. The van der Waals surface area contributed by atoms with Crippen LogP contribution in [0, 0.1) is 0 Å². The van der Waals surface area contributed by atoms with Gasteiger partial charge in [0.15, 0.2) is 0 Å². The Morgan fingerprint density at radius 2 is 1.81 bits per heavy atom. The number of para-hydroxylation sites is 1. The molecule has 1 unspecified atom stereocenters. The average molecular weight is 306 g/mol. The summed E-state index contributed by atoms with van der Waals surface area (Å²) in [5, 5.41) is 22.7. The Balaban J connectivity index is 1.90. The smallest absolute Gasteiger partial charge is 0.224 e. The topological polar surface area (TPSA) is 69.6 Å². The summed E-state index contributed by atoms with van der Waals surface area (Å²) in [6.07, 6.45) is -0.811. The molecule has 0 spiro atoms. The van der Waals surface area contributed by atoms with Crippen LogP contribution in [0.1, 0.15) is 17.2 Å². The van der Waals surface area contributed by atoms with E-state index in [0.29, 0.717) is 16.1 Å². The zero-order valence-electron chi connectivity index (χ0n) is 11.3. The van der Waals surface area contributed by atoms with Gasteiger partial charge in [-0.3, -0.25) is 4.79 Å². The minimum absolute atomic E-state index is 0.0575. The van der Waals surface area contributed by atoms with E-state index in [-0.39, 0.29) is 24.6 Å². The minimum atomic E-state index is -0.868. The van der Waals surface area contributed by atoms with Crippen LogP contribution in [-0.4, -0.2) is 22.7 Å². The maximum Gasteiger partial charge on any atom is 0.224 e. The standard InChI is InChI=1S/C16H16ClNO3/c17-13-7-3-2-6-12(13)15(20)10-18-16(21)9-11-5-1-4-8-14(11)19/h1-8,15,19-20H,9-10H2,(H,18,21). The number of aliphatic hydroxyl groups is 1. The monoisotopic (exact) mass is 305 g/mol. The summed E-state index contributed by atoms with van der Waals surface area (Å²) < 4.78 is 0. The van der Waals surface area contributed by atoms with Crippen molar-refractivity contribution in [3.05, 3.63) is 64.7 Å². The lowest BCUT2D eigenvalue weighted by atomic mass is 10.1. The van der Waals surface area contributed by atoms with Crippen LogP contribution in [0.25, 0.3) is 0 Å². The number of aliphatic hydroxyl groups excluding tert-OH is 1. The van der Waals surface area contributed by atoms with Crippen LogP contribution < -0.4 is 5.32 Å². The van der Waals surface area contributed by atoms with E-state index in [1.165, 1.54) is 6.07 Å². The second kappa shape index (κ2) is 7.11. The van der Waals surface area contributed by atoms with E-state index in [4.69, 9.17) is 11.6 Å². The molecule has 0 fully saturated rings. The average Bonchev–Trinajstić information content (AvgIpc) is 2.48. The van der Waals surface area contributed by atoms with Gasteiger partial charge in [0, 0.05) is 22.7 Å². The first-order valence-corrected chi connectivity index (χ1v) is 6.92. The van der Waals surface area contributed by atoms with E-state index in [9.17, 15) is 15.0 Å². The molecule has 0 aliphatic rings. The molecular formula is C16H16ClNO3. The maximum atomic E-state index is 11.8. The fourth-order valence-electron chi connectivity index (χ4n) is 1.96.